The normalized spacial score (nSPS) is 13.3. The van der Waals surface area contributed by atoms with Gasteiger partial charge < -0.3 is 15.2 Å². The zero-order valence-electron chi connectivity index (χ0n) is 17.6. The molecule has 0 aliphatic heterocycles. The van der Waals surface area contributed by atoms with E-state index in [1.807, 2.05) is 12.1 Å². The molecule has 0 aromatic heterocycles. The van der Waals surface area contributed by atoms with E-state index in [0.717, 1.165) is 12.7 Å². The van der Waals surface area contributed by atoms with Crippen LogP contribution in [0.2, 0.25) is 0 Å². The maximum atomic E-state index is 11.9. The third-order valence-electron chi connectivity index (χ3n) is 4.96. The van der Waals surface area contributed by atoms with Gasteiger partial charge in [0.25, 0.3) is 0 Å². The molecule has 5 nitrogen and oxygen atoms in total. The molecule has 2 N–H and O–H groups in total. The molecule has 3 rings (SSSR count). The Morgan fingerprint density at radius 1 is 1.00 bits per heavy atom. The highest BCUT2D eigenvalue weighted by molar-refractivity contribution is 7.90. The van der Waals surface area contributed by atoms with Gasteiger partial charge in [0.15, 0.2) is 9.84 Å². The molecule has 0 bridgehead atoms. The van der Waals surface area contributed by atoms with Gasteiger partial charge in [-0.3, -0.25) is 0 Å². The van der Waals surface area contributed by atoms with Gasteiger partial charge in [0, 0.05) is 18.3 Å². The molecular weight excluding hydrogens is 398 g/mol. The Bertz CT molecular complexity index is 1110. The highest BCUT2D eigenvalue weighted by Crippen LogP contribution is 2.23. The maximum absolute atomic E-state index is 11.9. The zero-order valence-corrected chi connectivity index (χ0v) is 18.4. The number of hydrogen-bond acceptors (Lipinski definition) is 5. The van der Waals surface area contributed by atoms with Crippen LogP contribution in [0, 0.1) is 0 Å². The lowest BCUT2D eigenvalue weighted by Gasteiger charge is -2.28. The fourth-order valence-corrected chi connectivity index (χ4v) is 4.25. The summed E-state index contributed by atoms with van der Waals surface area (Å²) in [5.41, 5.74) is 0.993. The molecule has 0 amide bonds. The van der Waals surface area contributed by atoms with E-state index in [2.05, 4.69) is 49.5 Å². The molecule has 0 heterocycles. The minimum absolute atomic E-state index is 0.00554. The van der Waals surface area contributed by atoms with Crippen molar-refractivity contribution in [3.05, 3.63) is 72.3 Å². The molecule has 0 saturated carbocycles. The van der Waals surface area contributed by atoms with Crippen molar-refractivity contribution in [2.75, 3.05) is 19.4 Å². The van der Waals surface area contributed by atoms with E-state index in [0.29, 0.717) is 6.54 Å². The fraction of sp³-hybridized carbons (Fsp3) is 0.333. The number of benzene rings is 3. The van der Waals surface area contributed by atoms with Crippen LogP contribution in [0.1, 0.15) is 19.4 Å². The van der Waals surface area contributed by atoms with Crippen molar-refractivity contribution in [1.82, 2.24) is 5.32 Å². The standard InChI is InChI=1S/C24H29NO4S/c1-24(2,15-18-12-13-19-8-4-5-9-20(19)14-18)25-16-21(26)17-29-22-10-6-7-11-23(22)30(3,27)28/h4-14,21,25-26H,15-17H2,1-3H3/t21-/m1/s1. The monoisotopic (exact) mass is 427 g/mol. The second-order valence-electron chi connectivity index (χ2n) is 8.31. The van der Waals surface area contributed by atoms with Gasteiger partial charge in [0.1, 0.15) is 23.4 Å². The average molecular weight is 428 g/mol. The number of ether oxygens (including phenoxy) is 1. The Kier molecular flexibility index (Phi) is 6.81. The summed E-state index contributed by atoms with van der Waals surface area (Å²) in [4.78, 5) is 0.127. The van der Waals surface area contributed by atoms with Crippen molar-refractivity contribution in [1.29, 1.82) is 0 Å². The number of para-hydroxylation sites is 1. The molecule has 0 saturated heterocycles. The molecule has 3 aromatic carbocycles. The van der Waals surface area contributed by atoms with Crippen LogP contribution in [0.5, 0.6) is 5.75 Å². The third-order valence-corrected chi connectivity index (χ3v) is 6.09. The van der Waals surface area contributed by atoms with Crippen LogP contribution in [-0.2, 0) is 16.3 Å². The number of aliphatic hydroxyl groups excluding tert-OH is 1. The molecule has 0 radical (unpaired) electrons. The topological polar surface area (TPSA) is 75.6 Å². The molecular formula is C24H29NO4S. The fourth-order valence-electron chi connectivity index (χ4n) is 3.44. The number of fused-ring (bicyclic) bond motifs is 1. The van der Waals surface area contributed by atoms with Crippen LogP contribution in [-0.4, -0.2) is 44.6 Å². The second-order valence-corrected chi connectivity index (χ2v) is 10.3. The first-order valence-electron chi connectivity index (χ1n) is 9.97. The van der Waals surface area contributed by atoms with Crippen LogP contribution in [0.3, 0.4) is 0 Å². The molecule has 1 atom stereocenters. The highest BCUT2D eigenvalue weighted by atomic mass is 32.2. The summed E-state index contributed by atoms with van der Waals surface area (Å²) >= 11 is 0. The Labute approximate surface area is 178 Å². The van der Waals surface area contributed by atoms with Gasteiger partial charge in [-0.2, -0.15) is 0 Å². The SMILES string of the molecule is CC(C)(Cc1ccc2ccccc2c1)NC[C@@H](O)COc1ccccc1S(C)(=O)=O. The Morgan fingerprint density at radius 3 is 2.40 bits per heavy atom. The Balaban J connectivity index is 1.55. The molecule has 30 heavy (non-hydrogen) atoms. The van der Waals surface area contributed by atoms with Crippen molar-refractivity contribution in [2.24, 2.45) is 0 Å². The highest BCUT2D eigenvalue weighted by Gasteiger charge is 2.20. The molecule has 0 aliphatic carbocycles. The van der Waals surface area contributed by atoms with Gasteiger partial charge in [0.05, 0.1) is 0 Å². The van der Waals surface area contributed by atoms with Crippen LogP contribution in [0.15, 0.2) is 71.6 Å². The van der Waals surface area contributed by atoms with Crippen molar-refractivity contribution in [3.8, 4) is 5.75 Å². The number of nitrogens with one attached hydrogen (secondary N) is 1. The van der Waals surface area contributed by atoms with Crippen LogP contribution in [0.4, 0.5) is 0 Å². The summed E-state index contributed by atoms with van der Waals surface area (Å²) in [6.45, 7) is 4.52. The van der Waals surface area contributed by atoms with Crippen molar-refractivity contribution in [3.63, 3.8) is 0 Å². The molecule has 0 aliphatic rings. The lowest BCUT2D eigenvalue weighted by molar-refractivity contribution is 0.0974. The summed E-state index contributed by atoms with van der Waals surface area (Å²) in [5.74, 6) is 0.259. The van der Waals surface area contributed by atoms with E-state index in [4.69, 9.17) is 4.74 Å². The van der Waals surface area contributed by atoms with Gasteiger partial charge in [-0.15, -0.1) is 0 Å². The van der Waals surface area contributed by atoms with Crippen LogP contribution < -0.4 is 10.1 Å². The van der Waals surface area contributed by atoms with Gasteiger partial charge in [0.2, 0.25) is 0 Å². The number of hydrogen-bond donors (Lipinski definition) is 2. The number of rotatable bonds is 9. The summed E-state index contributed by atoms with van der Waals surface area (Å²) < 4.78 is 29.3. The average Bonchev–Trinajstić information content (AvgIpc) is 2.70. The first-order valence-corrected chi connectivity index (χ1v) is 11.9. The van der Waals surface area contributed by atoms with Gasteiger partial charge in [-0.1, -0.05) is 54.6 Å². The largest absolute Gasteiger partial charge is 0.489 e. The van der Waals surface area contributed by atoms with E-state index < -0.39 is 15.9 Å². The number of β-amino-alcohol motifs (C(OH)–C–C–N with tert-alkyl or cyclic N) is 1. The van der Waals surface area contributed by atoms with Crippen molar-refractivity contribution in [2.45, 2.75) is 36.8 Å². The number of sulfone groups is 1. The lowest BCUT2D eigenvalue weighted by Crippen LogP contribution is -2.46. The van der Waals surface area contributed by atoms with Gasteiger partial charge >= 0.3 is 0 Å². The summed E-state index contributed by atoms with van der Waals surface area (Å²) in [6.07, 6.45) is 1.18. The molecule has 3 aromatic rings. The predicted octanol–water partition coefficient (Wildman–Crippen LogP) is 3.59. The number of aliphatic hydroxyl groups is 1. The first kappa shape index (κ1) is 22.3. The summed E-state index contributed by atoms with van der Waals surface area (Å²) in [6, 6.07) is 21.2. The predicted molar refractivity (Wildman–Crippen MR) is 121 cm³/mol. The molecule has 0 unspecified atom stereocenters. The third kappa shape index (κ3) is 6.05. The Morgan fingerprint density at radius 2 is 1.67 bits per heavy atom. The van der Waals surface area contributed by atoms with Crippen molar-refractivity contribution < 1.29 is 18.3 Å². The smallest absolute Gasteiger partial charge is 0.179 e. The maximum Gasteiger partial charge on any atom is 0.179 e. The second kappa shape index (κ2) is 9.16. The minimum Gasteiger partial charge on any atom is -0.489 e. The van der Waals surface area contributed by atoms with E-state index in [9.17, 15) is 13.5 Å². The van der Waals surface area contributed by atoms with Gasteiger partial charge in [-0.25, -0.2) is 8.42 Å². The van der Waals surface area contributed by atoms with Crippen LogP contribution >= 0.6 is 0 Å². The molecule has 0 spiro atoms. The molecule has 0 fully saturated rings. The lowest BCUT2D eigenvalue weighted by atomic mass is 9.93. The summed E-state index contributed by atoms with van der Waals surface area (Å²) in [7, 11) is -3.39. The Hall–Kier alpha value is -2.41. The van der Waals surface area contributed by atoms with E-state index in [1.165, 1.54) is 22.4 Å². The van der Waals surface area contributed by atoms with E-state index in [1.54, 1.807) is 18.2 Å². The van der Waals surface area contributed by atoms with E-state index >= 15 is 0 Å². The van der Waals surface area contributed by atoms with Crippen molar-refractivity contribution >= 4 is 20.6 Å². The zero-order chi connectivity index (χ0) is 21.8. The van der Waals surface area contributed by atoms with Gasteiger partial charge in [-0.05, 0) is 48.7 Å². The summed E-state index contributed by atoms with van der Waals surface area (Å²) in [5, 5.41) is 16.2. The first-order chi connectivity index (χ1) is 14.1. The minimum atomic E-state index is -3.39. The van der Waals surface area contributed by atoms with Crippen LogP contribution in [0.25, 0.3) is 10.8 Å². The molecule has 160 valence electrons. The van der Waals surface area contributed by atoms with E-state index in [-0.39, 0.29) is 22.8 Å². The quantitative estimate of drug-likeness (QED) is 0.546. The molecule has 6 heteroatoms.